The molecule has 1 aliphatic rings. The Morgan fingerprint density at radius 3 is 2.14 bits per heavy atom. The van der Waals surface area contributed by atoms with E-state index in [1.165, 1.54) is 4.31 Å². The first-order chi connectivity index (χ1) is 16.8. The number of carbonyl (C=O) groups excluding carboxylic acids is 1. The summed E-state index contributed by atoms with van der Waals surface area (Å²) in [7, 11) is -3.62. The maximum absolute atomic E-state index is 13.3. The largest absolute Gasteiger partial charge is 0.336 e. The molecule has 0 aliphatic carbocycles. The van der Waals surface area contributed by atoms with Gasteiger partial charge in [0, 0.05) is 37.4 Å². The third-order valence-corrected chi connectivity index (χ3v) is 8.78. The Morgan fingerprint density at radius 1 is 0.857 bits per heavy atom. The number of para-hydroxylation sites is 2. The highest BCUT2D eigenvalue weighted by molar-refractivity contribution is 7.89. The minimum Gasteiger partial charge on any atom is -0.336 e. The molecule has 0 unspecified atom stereocenters. The van der Waals surface area contributed by atoms with Gasteiger partial charge in [0.05, 0.1) is 15.9 Å². The molecule has 3 aromatic carbocycles. The molecular weight excluding hydrogens is 460 g/mol. The fraction of sp³-hybridized carbons (Fsp3) is 0.259. The van der Waals surface area contributed by atoms with Gasteiger partial charge in [-0.1, -0.05) is 29.8 Å². The highest BCUT2D eigenvalue weighted by Gasteiger charge is 2.32. The molecule has 1 aliphatic heterocycles. The zero-order valence-corrected chi connectivity index (χ0v) is 20.9. The van der Waals surface area contributed by atoms with Crippen molar-refractivity contribution >= 4 is 27.0 Å². The van der Waals surface area contributed by atoms with Gasteiger partial charge in [-0.05, 0) is 68.3 Å². The van der Waals surface area contributed by atoms with Crippen molar-refractivity contribution in [1.82, 2.24) is 18.8 Å². The number of fused-ring (bicyclic) bond motifs is 1. The molecule has 1 aromatic heterocycles. The zero-order chi connectivity index (χ0) is 24.7. The summed E-state index contributed by atoms with van der Waals surface area (Å²) in [6.45, 7) is 6.91. The van der Waals surface area contributed by atoms with E-state index in [1.807, 2.05) is 86.0 Å². The van der Waals surface area contributed by atoms with Crippen LogP contribution >= 0.6 is 0 Å². The van der Waals surface area contributed by atoms with Crippen LogP contribution in [0.3, 0.4) is 0 Å². The van der Waals surface area contributed by atoms with Gasteiger partial charge in [-0.25, -0.2) is 13.4 Å². The topological polar surface area (TPSA) is 75.5 Å². The highest BCUT2D eigenvalue weighted by atomic mass is 32.2. The molecule has 0 bridgehead atoms. The quantitative estimate of drug-likeness (QED) is 0.434. The minimum atomic E-state index is -3.62. The highest BCUT2D eigenvalue weighted by Crippen LogP contribution is 2.26. The van der Waals surface area contributed by atoms with Crippen LogP contribution in [0.1, 0.15) is 27.0 Å². The predicted molar refractivity (Wildman–Crippen MR) is 136 cm³/mol. The average molecular weight is 489 g/mol. The van der Waals surface area contributed by atoms with Crippen molar-refractivity contribution in [2.24, 2.45) is 0 Å². The number of aromatic nitrogens is 2. The van der Waals surface area contributed by atoms with E-state index in [9.17, 15) is 13.2 Å². The summed E-state index contributed by atoms with van der Waals surface area (Å²) in [5, 5.41) is 0. The van der Waals surface area contributed by atoms with Gasteiger partial charge >= 0.3 is 0 Å². The third kappa shape index (κ3) is 4.24. The van der Waals surface area contributed by atoms with Gasteiger partial charge in [-0.15, -0.1) is 0 Å². The monoisotopic (exact) mass is 488 g/mol. The lowest BCUT2D eigenvalue weighted by Gasteiger charge is -2.34. The van der Waals surface area contributed by atoms with E-state index >= 15 is 0 Å². The van der Waals surface area contributed by atoms with Crippen LogP contribution in [0.25, 0.3) is 16.7 Å². The van der Waals surface area contributed by atoms with E-state index in [1.54, 1.807) is 11.2 Å². The summed E-state index contributed by atoms with van der Waals surface area (Å²) < 4.78 is 30.2. The zero-order valence-electron chi connectivity index (χ0n) is 20.1. The number of nitrogens with zero attached hydrogens (tertiary/aromatic N) is 4. The van der Waals surface area contributed by atoms with Crippen molar-refractivity contribution in [1.29, 1.82) is 0 Å². The van der Waals surface area contributed by atoms with Gasteiger partial charge < -0.3 is 4.90 Å². The number of aryl methyl sites for hydroxylation is 3. The standard InChI is InChI=1S/C27H28N4O3S/c1-19-16-20(2)26(21(3)17-19)35(33,34)30-14-12-29(13-15-30)27(32)22-8-10-23(11-9-22)31-18-28-24-6-4-5-7-25(24)31/h4-11,16-18H,12-15H2,1-3H3. The molecule has 0 radical (unpaired) electrons. The first-order valence-electron chi connectivity index (χ1n) is 11.7. The fourth-order valence-electron chi connectivity index (χ4n) is 4.95. The number of imidazole rings is 1. The number of amides is 1. The minimum absolute atomic E-state index is 0.0909. The number of rotatable bonds is 4. The van der Waals surface area contributed by atoms with Crippen molar-refractivity contribution < 1.29 is 13.2 Å². The molecule has 4 aromatic rings. The SMILES string of the molecule is Cc1cc(C)c(S(=O)(=O)N2CCN(C(=O)c3ccc(-n4cnc5ccccc54)cc3)CC2)c(C)c1. The Balaban J connectivity index is 1.29. The first kappa shape index (κ1) is 23.3. The van der Waals surface area contributed by atoms with Crippen LogP contribution in [0, 0.1) is 20.8 Å². The second kappa shape index (κ2) is 8.94. The van der Waals surface area contributed by atoms with Crippen molar-refractivity contribution in [3.63, 3.8) is 0 Å². The molecule has 35 heavy (non-hydrogen) atoms. The molecule has 7 nitrogen and oxygen atoms in total. The maximum atomic E-state index is 13.3. The second-order valence-electron chi connectivity index (χ2n) is 9.07. The molecule has 0 atom stereocenters. The van der Waals surface area contributed by atoms with Gasteiger partial charge in [-0.2, -0.15) is 4.31 Å². The van der Waals surface area contributed by atoms with Crippen LogP contribution in [-0.2, 0) is 10.0 Å². The predicted octanol–water partition coefficient (Wildman–Crippen LogP) is 4.10. The van der Waals surface area contributed by atoms with Gasteiger partial charge in [0.2, 0.25) is 10.0 Å². The fourth-order valence-corrected chi connectivity index (χ4v) is 6.78. The van der Waals surface area contributed by atoms with Crippen LogP contribution in [0.4, 0.5) is 0 Å². The summed E-state index contributed by atoms with van der Waals surface area (Å²) >= 11 is 0. The van der Waals surface area contributed by atoms with Gasteiger partial charge in [0.25, 0.3) is 5.91 Å². The van der Waals surface area contributed by atoms with Crippen LogP contribution in [-0.4, -0.2) is 59.3 Å². The third-order valence-electron chi connectivity index (χ3n) is 6.57. The number of carbonyl (C=O) groups is 1. The van der Waals surface area contributed by atoms with Gasteiger partial charge in [0.15, 0.2) is 0 Å². The Labute approximate surface area is 205 Å². The summed E-state index contributed by atoms with van der Waals surface area (Å²) in [5.74, 6) is -0.0909. The van der Waals surface area contributed by atoms with E-state index in [-0.39, 0.29) is 19.0 Å². The van der Waals surface area contributed by atoms with E-state index < -0.39 is 10.0 Å². The molecule has 0 spiro atoms. The number of hydrogen-bond acceptors (Lipinski definition) is 4. The average Bonchev–Trinajstić information content (AvgIpc) is 3.27. The van der Waals surface area contributed by atoms with Crippen molar-refractivity contribution in [3.05, 3.63) is 89.2 Å². The van der Waals surface area contributed by atoms with Crippen LogP contribution in [0.15, 0.2) is 71.9 Å². The summed E-state index contributed by atoms with van der Waals surface area (Å²) in [6, 6.07) is 19.1. The summed E-state index contributed by atoms with van der Waals surface area (Å²) in [6.07, 6.45) is 1.78. The lowest BCUT2D eigenvalue weighted by molar-refractivity contribution is 0.0698. The number of sulfonamides is 1. The Kier molecular flexibility index (Phi) is 5.94. The Hall–Kier alpha value is -3.49. The van der Waals surface area contributed by atoms with E-state index in [0.29, 0.717) is 23.5 Å². The van der Waals surface area contributed by atoms with Crippen LogP contribution < -0.4 is 0 Å². The normalized spacial score (nSPS) is 15.0. The molecule has 1 saturated heterocycles. The van der Waals surface area contributed by atoms with Crippen molar-refractivity contribution in [2.75, 3.05) is 26.2 Å². The smallest absolute Gasteiger partial charge is 0.253 e. The van der Waals surface area contributed by atoms with E-state index in [4.69, 9.17) is 0 Å². The molecular formula is C27H28N4O3S. The lowest BCUT2D eigenvalue weighted by atomic mass is 10.1. The lowest BCUT2D eigenvalue weighted by Crippen LogP contribution is -2.50. The molecule has 8 heteroatoms. The number of piperazine rings is 1. The number of benzene rings is 3. The molecule has 5 rings (SSSR count). The summed E-state index contributed by atoms with van der Waals surface area (Å²) in [4.78, 5) is 19.6. The molecule has 180 valence electrons. The Morgan fingerprint density at radius 2 is 1.49 bits per heavy atom. The first-order valence-corrected chi connectivity index (χ1v) is 13.1. The van der Waals surface area contributed by atoms with Crippen LogP contribution in [0.5, 0.6) is 0 Å². The van der Waals surface area contributed by atoms with E-state index in [0.717, 1.165) is 33.4 Å². The molecule has 1 amide bonds. The maximum Gasteiger partial charge on any atom is 0.253 e. The molecule has 1 fully saturated rings. The molecule has 0 N–H and O–H groups in total. The van der Waals surface area contributed by atoms with Crippen LogP contribution in [0.2, 0.25) is 0 Å². The molecule has 0 saturated carbocycles. The Bertz CT molecular complexity index is 1490. The van der Waals surface area contributed by atoms with Gasteiger partial charge in [0.1, 0.15) is 6.33 Å². The number of hydrogen-bond donors (Lipinski definition) is 0. The van der Waals surface area contributed by atoms with E-state index in [2.05, 4.69) is 4.98 Å². The van der Waals surface area contributed by atoms with Crippen molar-refractivity contribution in [3.8, 4) is 5.69 Å². The van der Waals surface area contributed by atoms with Gasteiger partial charge in [-0.3, -0.25) is 9.36 Å². The van der Waals surface area contributed by atoms with Crippen molar-refractivity contribution in [2.45, 2.75) is 25.7 Å². The second-order valence-corrected chi connectivity index (χ2v) is 10.9. The summed E-state index contributed by atoms with van der Waals surface area (Å²) in [5.41, 5.74) is 5.98. The molecule has 2 heterocycles.